The van der Waals surface area contributed by atoms with Gasteiger partial charge in [0.15, 0.2) is 6.23 Å². The van der Waals surface area contributed by atoms with Gasteiger partial charge in [-0.2, -0.15) is 5.06 Å². The Hall–Kier alpha value is -1.70. The fraction of sp³-hybridized carbons (Fsp3) is 0.556. The Labute approximate surface area is 153 Å². The van der Waals surface area contributed by atoms with E-state index in [1.807, 2.05) is 35.2 Å². The van der Waals surface area contributed by atoms with E-state index in [1.165, 1.54) is 0 Å². The third kappa shape index (κ3) is 3.78. The summed E-state index contributed by atoms with van der Waals surface area (Å²) < 4.78 is 10.8. The quantitative estimate of drug-likeness (QED) is 0.588. The van der Waals surface area contributed by atoms with Crippen LogP contribution in [0.4, 0.5) is 0 Å². The SMILES string of the molecule is CCOC(=O)[C@@H]1C[C@@H](N2C(=S)OCC2(C)C)ON1Cc1ccccc1. The highest BCUT2D eigenvalue weighted by Gasteiger charge is 2.49. The molecule has 136 valence electrons. The van der Waals surface area contributed by atoms with Gasteiger partial charge in [-0.1, -0.05) is 30.3 Å². The third-order valence-electron chi connectivity index (χ3n) is 4.46. The van der Waals surface area contributed by atoms with E-state index in [0.29, 0.717) is 31.4 Å². The summed E-state index contributed by atoms with van der Waals surface area (Å²) >= 11 is 5.34. The monoisotopic (exact) mass is 364 g/mol. The smallest absolute Gasteiger partial charge is 0.325 e. The van der Waals surface area contributed by atoms with Crippen molar-refractivity contribution in [3.05, 3.63) is 35.9 Å². The lowest BCUT2D eigenvalue weighted by Crippen LogP contribution is -2.48. The molecule has 0 radical (unpaired) electrons. The number of nitrogens with zero attached hydrogens (tertiary/aromatic N) is 2. The summed E-state index contributed by atoms with van der Waals surface area (Å²) in [6, 6.07) is 9.44. The summed E-state index contributed by atoms with van der Waals surface area (Å²) in [6.07, 6.45) is 0.140. The normalized spacial score (nSPS) is 25.9. The summed E-state index contributed by atoms with van der Waals surface area (Å²) in [5.41, 5.74) is 0.793. The minimum atomic E-state index is -0.468. The maximum Gasteiger partial charge on any atom is 0.325 e. The first-order valence-corrected chi connectivity index (χ1v) is 8.93. The standard InChI is InChI=1S/C18H24N2O4S/c1-4-22-16(21)14-10-15(20-17(25)23-12-18(20,2)3)24-19(14)11-13-8-6-5-7-9-13/h5-9,14-15H,4,10-12H2,1-3H3/t14-,15-/m0/s1. The molecule has 3 rings (SSSR count). The highest BCUT2D eigenvalue weighted by atomic mass is 32.1. The van der Waals surface area contributed by atoms with Crippen LogP contribution in [0, 0.1) is 0 Å². The topological polar surface area (TPSA) is 51.2 Å². The molecular weight excluding hydrogens is 340 g/mol. The molecule has 0 unspecified atom stereocenters. The van der Waals surface area contributed by atoms with E-state index in [9.17, 15) is 4.79 Å². The van der Waals surface area contributed by atoms with Gasteiger partial charge in [-0.05, 0) is 38.6 Å². The van der Waals surface area contributed by atoms with E-state index < -0.39 is 6.04 Å². The summed E-state index contributed by atoms with van der Waals surface area (Å²) in [7, 11) is 0. The number of hydrogen-bond donors (Lipinski definition) is 0. The number of carbonyl (C=O) groups excluding carboxylic acids is 1. The van der Waals surface area contributed by atoms with Gasteiger partial charge in [0.2, 0.25) is 0 Å². The first-order chi connectivity index (χ1) is 11.9. The van der Waals surface area contributed by atoms with Crippen molar-refractivity contribution in [2.24, 2.45) is 0 Å². The van der Waals surface area contributed by atoms with Gasteiger partial charge in [-0.3, -0.25) is 14.5 Å². The van der Waals surface area contributed by atoms with E-state index in [-0.39, 0.29) is 17.7 Å². The molecule has 2 saturated heterocycles. The average Bonchev–Trinajstić information content (AvgIpc) is 3.09. The van der Waals surface area contributed by atoms with E-state index in [4.69, 9.17) is 26.5 Å². The molecule has 0 N–H and O–H groups in total. The van der Waals surface area contributed by atoms with Crippen molar-refractivity contribution in [2.45, 2.75) is 51.5 Å². The maximum atomic E-state index is 12.4. The number of ether oxygens (including phenoxy) is 2. The van der Waals surface area contributed by atoms with Crippen molar-refractivity contribution in [3.63, 3.8) is 0 Å². The molecule has 6 nitrogen and oxygen atoms in total. The zero-order valence-electron chi connectivity index (χ0n) is 14.8. The van der Waals surface area contributed by atoms with Gasteiger partial charge in [0.1, 0.15) is 12.6 Å². The fourth-order valence-electron chi connectivity index (χ4n) is 3.23. The Kier molecular flexibility index (Phi) is 5.27. The Morgan fingerprint density at radius 3 is 2.68 bits per heavy atom. The van der Waals surface area contributed by atoms with Gasteiger partial charge >= 0.3 is 5.97 Å². The second-order valence-electron chi connectivity index (χ2n) is 6.86. The van der Waals surface area contributed by atoms with Crippen LogP contribution in [0.1, 0.15) is 32.8 Å². The minimum absolute atomic E-state index is 0.273. The molecule has 1 aromatic rings. The van der Waals surface area contributed by atoms with Crippen molar-refractivity contribution in [1.29, 1.82) is 0 Å². The zero-order valence-corrected chi connectivity index (χ0v) is 15.6. The van der Waals surface area contributed by atoms with E-state index in [0.717, 1.165) is 5.56 Å². The number of hydrogen-bond acceptors (Lipinski definition) is 6. The van der Waals surface area contributed by atoms with Crippen molar-refractivity contribution in [2.75, 3.05) is 13.2 Å². The first kappa shape index (κ1) is 18.1. The minimum Gasteiger partial charge on any atom is -0.468 e. The molecule has 0 amide bonds. The summed E-state index contributed by atoms with van der Waals surface area (Å²) in [6.45, 7) is 7.26. The molecule has 0 spiro atoms. The Morgan fingerprint density at radius 1 is 1.36 bits per heavy atom. The van der Waals surface area contributed by atoms with E-state index in [2.05, 4.69) is 13.8 Å². The number of esters is 1. The second-order valence-corrected chi connectivity index (χ2v) is 7.21. The van der Waals surface area contributed by atoms with Crippen molar-refractivity contribution in [3.8, 4) is 0 Å². The zero-order chi connectivity index (χ0) is 18.0. The van der Waals surface area contributed by atoms with Gasteiger partial charge in [0.05, 0.1) is 18.7 Å². The molecule has 1 aromatic carbocycles. The maximum absolute atomic E-state index is 12.4. The van der Waals surface area contributed by atoms with Gasteiger partial charge in [-0.25, -0.2) is 0 Å². The van der Waals surface area contributed by atoms with Crippen LogP contribution in [0.3, 0.4) is 0 Å². The molecule has 25 heavy (non-hydrogen) atoms. The second kappa shape index (κ2) is 7.27. The highest BCUT2D eigenvalue weighted by Crippen LogP contribution is 2.34. The molecule has 0 aliphatic carbocycles. The lowest BCUT2D eigenvalue weighted by Gasteiger charge is -2.33. The molecular formula is C18H24N2O4S. The van der Waals surface area contributed by atoms with Crippen molar-refractivity contribution < 1.29 is 19.1 Å². The van der Waals surface area contributed by atoms with Crippen LogP contribution in [-0.4, -0.2) is 52.1 Å². The Morgan fingerprint density at radius 2 is 2.08 bits per heavy atom. The Bertz CT molecular complexity index is 637. The molecule has 2 heterocycles. The summed E-state index contributed by atoms with van der Waals surface area (Å²) in [4.78, 5) is 20.5. The lowest BCUT2D eigenvalue weighted by atomic mass is 10.0. The number of thiocarbonyl (C=S) groups is 1. The lowest BCUT2D eigenvalue weighted by molar-refractivity contribution is -0.208. The van der Waals surface area contributed by atoms with Crippen LogP contribution in [-0.2, 0) is 25.7 Å². The third-order valence-corrected chi connectivity index (χ3v) is 4.77. The molecule has 2 atom stereocenters. The van der Waals surface area contributed by atoms with E-state index >= 15 is 0 Å². The fourth-order valence-corrected chi connectivity index (χ4v) is 3.65. The average molecular weight is 364 g/mol. The van der Waals surface area contributed by atoms with Gasteiger partial charge in [0, 0.05) is 6.42 Å². The molecule has 2 aliphatic rings. The van der Waals surface area contributed by atoms with Crippen molar-refractivity contribution >= 4 is 23.4 Å². The van der Waals surface area contributed by atoms with Gasteiger partial charge in [-0.15, -0.1) is 0 Å². The van der Waals surface area contributed by atoms with Crippen molar-refractivity contribution in [1.82, 2.24) is 9.96 Å². The predicted octanol–water partition coefficient (Wildman–Crippen LogP) is 2.48. The largest absolute Gasteiger partial charge is 0.468 e. The number of rotatable bonds is 5. The molecule has 0 aromatic heterocycles. The van der Waals surface area contributed by atoms with Crippen LogP contribution < -0.4 is 0 Å². The number of hydroxylamine groups is 2. The molecule has 7 heteroatoms. The number of benzene rings is 1. The Balaban J connectivity index is 1.80. The molecule has 0 bridgehead atoms. The first-order valence-electron chi connectivity index (χ1n) is 8.52. The predicted molar refractivity (Wildman–Crippen MR) is 96.4 cm³/mol. The van der Waals surface area contributed by atoms with Crippen LogP contribution in [0.25, 0.3) is 0 Å². The van der Waals surface area contributed by atoms with Crippen LogP contribution in [0.15, 0.2) is 30.3 Å². The molecule has 2 aliphatic heterocycles. The van der Waals surface area contributed by atoms with Crippen LogP contribution in [0.5, 0.6) is 0 Å². The van der Waals surface area contributed by atoms with Gasteiger partial charge in [0.25, 0.3) is 5.17 Å². The van der Waals surface area contributed by atoms with Crippen LogP contribution >= 0.6 is 12.2 Å². The number of carbonyl (C=O) groups is 1. The summed E-state index contributed by atoms with van der Waals surface area (Å²) in [5.74, 6) is -0.273. The highest BCUT2D eigenvalue weighted by molar-refractivity contribution is 7.80. The molecule has 2 fully saturated rings. The van der Waals surface area contributed by atoms with Gasteiger partial charge < -0.3 is 9.47 Å². The van der Waals surface area contributed by atoms with Crippen LogP contribution in [0.2, 0.25) is 0 Å². The van der Waals surface area contributed by atoms with E-state index in [1.54, 1.807) is 12.0 Å². The molecule has 0 saturated carbocycles. The summed E-state index contributed by atoms with van der Waals surface area (Å²) in [5, 5.41) is 2.12.